The number of benzene rings is 1. The van der Waals surface area contributed by atoms with Crippen LogP contribution in [0.15, 0.2) is 29.8 Å². The fourth-order valence-corrected chi connectivity index (χ4v) is 5.33. The third-order valence-corrected chi connectivity index (χ3v) is 7.30. The number of allylic oxidation sites excluding steroid dienone is 1. The highest BCUT2D eigenvalue weighted by molar-refractivity contribution is 5.77. The Bertz CT molecular complexity index is 760. The number of rotatable bonds is 5. The summed E-state index contributed by atoms with van der Waals surface area (Å²) in [7, 11) is 0. The topological polar surface area (TPSA) is 29.5 Å². The van der Waals surface area contributed by atoms with Gasteiger partial charge in [-0.1, -0.05) is 31.6 Å². The Labute approximate surface area is 163 Å². The van der Waals surface area contributed by atoms with Gasteiger partial charge in [-0.05, 0) is 81.7 Å². The molecule has 1 heterocycles. The number of nitrogens with zero attached hydrogens (tertiary/aromatic N) is 1. The molecule has 1 aromatic rings. The van der Waals surface area contributed by atoms with Crippen molar-refractivity contribution in [3.05, 3.63) is 41.0 Å². The lowest BCUT2D eigenvalue weighted by atomic mass is 9.57. The average Bonchev–Trinajstić information content (AvgIpc) is 3.47. The zero-order valence-electron chi connectivity index (χ0n) is 17.3. The molecule has 146 valence electrons. The van der Waals surface area contributed by atoms with Gasteiger partial charge in [0, 0.05) is 18.0 Å². The molecule has 2 aliphatic carbocycles. The maximum Gasteiger partial charge on any atom is 0.314 e. The number of fused-ring (bicyclic) bond motifs is 4. The lowest BCUT2D eigenvalue weighted by Crippen LogP contribution is -2.58. The number of ether oxygens (including phenoxy) is 1. The minimum absolute atomic E-state index is 0.0428. The van der Waals surface area contributed by atoms with Crippen LogP contribution in [0.4, 0.5) is 0 Å². The van der Waals surface area contributed by atoms with Crippen LogP contribution < -0.4 is 4.74 Å². The SMILES string of the molecule is CCC12CCN(CC=C(C)C)C(Cc3ccc(OC(=O)C4CC4)cc31)C2C. The van der Waals surface area contributed by atoms with Crippen molar-refractivity contribution in [3.8, 4) is 5.75 Å². The van der Waals surface area contributed by atoms with Crippen molar-refractivity contribution in [1.29, 1.82) is 0 Å². The second-order valence-corrected chi connectivity index (χ2v) is 9.11. The van der Waals surface area contributed by atoms with Crippen LogP contribution in [0, 0.1) is 11.8 Å². The van der Waals surface area contributed by atoms with Gasteiger partial charge in [-0.25, -0.2) is 0 Å². The van der Waals surface area contributed by atoms with Crippen LogP contribution in [-0.2, 0) is 16.6 Å². The van der Waals surface area contributed by atoms with Crippen molar-refractivity contribution >= 4 is 5.97 Å². The van der Waals surface area contributed by atoms with E-state index in [-0.39, 0.29) is 17.3 Å². The van der Waals surface area contributed by atoms with Crippen molar-refractivity contribution in [3.63, 3.8) is 0 Å². The molecular formula is C24H33NO2. The highest BCUT2D eigenvalue weighted by Gasteiger charge is 2.50. The van der Waals surface area contributed by atoms with Gasteiger partial charge in [-0.3, -0.25) is 9.69 Å². The molecule has 0 aromatic heterocycles. The standard InChI is InChI=1S/C24H33NO2/c1-5-24-11-13-25(12-10-16(2)3)22(17(24)4)14-19-8-9-20(15-21(19)24)27-23(26)18-6-7-18/h8-10,15,17-18,22H,5-7,11-14H2,1-4H3. The van der Waals surface area contributed by atoms with E-state index in [1.807, 2.05) is 6.07 Å². The summed E-state index contributed by atoms with van der Waals surface area (Å²) in [5, 5.41) is 0. The molecule has 0 spiro atoms. The highest BCUT2D eigenvalue weighted by atomic mass is 16.5. The summed E-state index contributed by atoms with van der Waals surface area (Å²) < 4.78 is 5.70. The lowest BCUT2D eigenvalue weighted by Gasteiger charge is -2.56. The van der Waals surface area contributed by atoms with Gasteiger partial charge in [0.1, 0.15) is 5.75 Å². The van der Waals surface area contributed by atoms with Gasteiger partial charge in [0.05, 0.1) is 5.92 Å². The first kappa shape index (κ1) is 18.7. The van der Waals surface area contributed by atoms with Crippen molar-refractivity contribution < 1.29 is 9.53 Å². The van der Waals surface area contributed by atoms with Gasteiger partial charge in [0.15, 0.2) is 0 Å². The van der Waals surface area contributed by atoms with E-state index in [4.69, 9.17) is 4.74 Å². The van der Waals surface area contributed by atoms with Crippen LogP contribution in [-0.4, -0.2) is 30.0 Å². The summed E-state index contributed by atoms with van der Waals surface area (Å²) in [6.07, 6.45) is 7.78. The Morgan fingerprint density at radius 2 is 2.11 bits per heavy atom. The third-order valence-electron chi connectivity index (χ3n) is 7.30. The molecule has 3 nitrogen and oxygen atoms in total. The number of piperidine rings is 1. The second-order valence-electron chi connectivity index (χ2n) is 9.11. The molecule has 2 bridgehead atoms. The second kappa shape index (κ2) is 7.09. The number of hydrogen-bond acceptors (Lipinski definition) is 3. The van der Waals surface area contributed by atoms with Gasteiger partial charge < -0.3 is 4.74 Å². The van der Waals surface area contributed by atoms with Gasteiger partial charge in [-0.2, -0.15) is 0 Å². The minimum Gasteiger partial charge on any atom is -0.426 e. The molecule has 1 aliphatic heterocycles. The fraction of sp³-hybridized carbons (Fsp3) is 0.625. The average molecular weight is 368 g/mol. The largest absolute Gasteiger partial charge is 0.426 e. The Morgan fingerprint density at radius 1 is 1.33 bits per heavy atom. The van der Waals surface area contributed by atoms with Crippen molar-refractivity contribution in [1.82, 2.24) is 4.90 Å². The summed E-state index contributed by atoms with van der Waals surface area (Å²) in [5.74, 6) is 1.46. The van der Waals surface area contributed by atoms with E-state index >= 15 is 0 Å². The van der Waals surface area contributed by atoms with Crippen LogP contribution in [0.5, 0.6) is 5.75 Å². The quantitative estimate of drug-likeness (QED) is 0.422. The predicted octanol–water partition coefficient (Wildman–Crippen LogP) is 4.88. The molecule has 2 fully saturated rings. The smallest absolute Gasteiger partial charge is 0.314 e. The van der Waals surface area contributed by atoms with Crippen molar-refractivity contribution in [2.24, 2.45) is 11.8 Å². The van der Waals surface area contributed by atoms with Gasteiger partial charge >= 0.3 is 5.97 Å². The molecule has 3 atom stereocenters. The molecular weight excluding hydrogens is 334 g/mol. The molecule has 1 aromatic carbocycles. The van der Waals surface area contributed by atoms with E-state index in [1.165, 1.54) is 23.1 Å². The monoisotopic (exact) mass is 367 g/mol. The fourth-order valence-electron chi connectivity index (χ4n) is 5.33. The first-order valence-corrected chi connectivity index (χ1v) is 10.7. The molecule has 3 unspecified atom stereocenters. The molecule has 1 saturated heterocycles. The highest BCUT2D eigenvalue weighted by Crippen LogP contribution is 2.51. The van der Waals surface area contributed by atoms with E-state index < -0.39 is 0 Å². The number of likely N-dealkylation sites (tertiary alicyclic amines) is 1. The van der Waals surface area contributed by atoms with Crippen LogP contribution in [0.2, 0.25) is 0 Å². The number of carbonyl (C=O) groups excluding carboxylic acids is 1. The molecule has 1 saturated carbocycles. The third kappa shape index (κ3) is 3.35. The summed E-state index contributed by atoms with van der Waals surface area (Å²) >= 11 is 0. The summed E-state index contributed by atoms with van der Waals surface area (Å²) in [6, 6.07) is 7.02. The van der Waals surface area contributed by atoms with Gasteiger partial charge in [0.25, 0.3) is 0 Å². The molecule has 27 heavy (non-hydrogen) atoms. The molecule has 4 rings (SSSR count). The molecule has 3 heteroatoms. The summed E-state index contributed by atoms with van der Waals surface area (Å²) in [6.45, 7) is 11.3. The maximum absolute atomic E-state index is 12.1. The minimum atomic E-state index is -0.0428. The first-order valence-electron chi connectivity index (χ1n) is 10.7. The normalized spacial score (nSPS) is 29.8. The number of carbonyl (C=O) groups is 1. The zero-order valence-corrected chi connectivity index (χ0v) is 17.3. The predicted molar refractivity (Wildman–Crippen MR) is 109 cm³/mol. The maximum atomic E-state index is 12.1. The van der Waals surface area contributed by atoms with E-state index in [0.717, 1.165) is 44.5 Å². The van der Waals surface area contributed by atoms with Crippen LogP contribution in [0.25, 0.3) is 0 Å². The van der Waals surface area contributed by atoms with Gasteiger partial charge in [-0.15, -0.1) is 0 Å². The first-order chi connectivity index (χ1) is 12.9. The van der Waals surface area contributed by atoms with Gasteiger partial charge in [0.2, 0.25) is 0 Å². The van der Waals surface area contributed by atoms with Crippen molar-refractivity contribution in [2.45, 2.75) is 71.3 Å². The van der Waals surface area contributed by atoms with Crippen LogP contribution >= 0.6 is 0 Å². The Hall–Kier alpha value is -1.61. The Balaban J connectivity index is 1.64. The molecule has 0 N–H and O–H groups in total. The van der Waals surface area contributed by atoms with Crippen LogP contribution in [0.1, 0.15) is 64.5 Å². The Kier molecular flexibility index (Phi) is 4.92. The van der Waals surface area contributed by atoms with E-state index in [0.29, 0.717) is 12.0 Å². The number of hydrogen-bond donors (Lipinski definition) is 0. The molecule has 0 amide bonds. The zero-order chi connectivity index (χ0) is 19.2. The molecule has 3 aliphatic rings. The van der Waals surface area contributed by atoms with Crippen molar-refractivity contribution in [2.75, 3.05) is 13.1 Å². The number of esters is 1. The molecule has 0 radical (unpaired) electrons. The Morgan fingerprint density at radius 3 is 2.78 bits per heavy atom. The van der Waals surface area contributed by atoms with E-state index in [2.05, 4.69) is 50.8 Å². The van der Waals surface area contributed by atoms with Crippen LogP contribution in [0.3, 0.4) is 0 Å². The summed E-state index contributed by atoms with van der Waals surface area (Å²) in [4.78, 5) is 14.8. The van der Waals surface area contributed by atoms with E-state index in [9.17, 15) is 4.79 Å². The summed E-state index contributed by atoms with van der Waals surface area (Å²) in [5.41, 5.74) is 4.50. The van der Waals surface area contributed by atoms with E-state index in [1.54, 1.807) is 0 Å². The lowest BCUT2D eigenvalue weighted by molar-refractivity contribution is -0.135.